The Labute approximate surface area is 581 Å². The van der Waals surface area contributed by atoms with Crippen molar-refractivity contribution >= 4 is 39.5 Å². The molecule has 3 unspecified atom stereocenters. The van der Waals surface area contributed by atoms with Gasteiger partial charge in [-0.05, 0) is 43.4 Å². The van der Waals surface area contributed by atoms with Gasteiger partial charge in [0.15, 0.2) is 12.2 Å². The van der Waals surface area contributed by atoms with Crippen LogP contribution in [0.4, 0.5) is 0 Å². The van der Waals surface area contributed by atoms with Crippen LogP contribution in [0, 0.1) is 17.8 Å². The molecule has 0 aliphatic heterocycles. The lowest BCUT2D eigenvalue weighted by atomic mass is 9.99. The van der Waals surface area contributed by atoms with Gasteiger partial charge in [-0.1, -0.05) is 337 Å². The normalized spacial score (nSPS) is 14.4. The molecule has 6 atom stereocenters. The number of hydrogen-bond acceptors (Lipinski definition) is 15. The summed E-state index contributed by atoms with van der Waals surface area (Å²) in [6.07, 6.45) is 52.8. The lowest BCUT2D eigenvalue weighted by Crippen LogP contribution is -2.30. The fourth-order valence-corrected chi connectivity index (χ4v) is 13.1. The average Bonchev–Trinajstić information content (AvgIpc) is 1.26. The van der Waals surface area contributed by atoms with Crippen molar-refractivity contribution in [2.24, 2.45) is 17.8 Å². The third-order valence-corrected chi connectivity index (χ3v) is 19.9. The van der Waals surface area contributed by atoms with Crippen LogP contribution in [-0.2, 0) is 65.4 Å². The predicted octanol–water partition coefficient (Wildman–Crippen LogP) is 22.2. The van der Waals surface area contributed by atoms with Crippen molar-refractivity contribution in [2.45, 2.75) is 407 Å². The molecule has 0 aromatic heterocycles. The molecule has 3 N–H and O–H groups in total. The van der Waals surface area contributed by atoms with Crippen LogP contribution in [0.2, 0.25) is 0 Å². The van der Waals surface area contributed by atoms with Crippen molar-refractivity contribution in [1.29, 1.82) is 0 Å². The zero-order chi connectivity index (χ0) is 70.1. The number of aliphatic hydroxyl groups excluding tert-OH is 1. The van der Waals surface area contributed by atoms with Crippen molar-refractivity contribution < 1.29 is 80.2 Å². The fourth-order valence-electron chi connectivity index (χ4n) is 11.6. The summed E-state index contributed by atoms with van der Waals surface area (Å²) in [5.41, 5.74) is 0. The molecule has 0 fully saturated rings. The van der Waals surface area contributed by atoms with E-state index in [9.17, 15) is 43.2 Å². The van der Waals surface area contributed by atoms with E-state index in [-0.39, 0.29) is 25.7 Å². The van der Waals surface area contributed by atoms with Gasteiger partial charge >= 0.3 is 39.5 Å². The predicted molar refractivity (Wildman–Crippen MR) is 386 cm³/mol. The number of hydrogen-bond donors (Lipinski definition) is 3. The van der Waals surface area contributed by atoms with Crippen molar-refractivity contribution in [3.8, 4) is 0 Å². The van der Waals surface area contributed by atoms with Crippen molar-refractivity contribution in [3.63, 3.8) is 0 Å². The summed E-state index contributed by atoms with van der Waals surface area (Å²) in [6.45, 7) is 11.9. The molecule has 0 aromatic rings. The van der Waals surface area contributed by atoms with Crippen molar-refractivity contribution in [1.82, 2.24) is 0 Å². The van der Waals surface area contributed by atoms with Crippen LogP contribution in [-0.4, -0.2) is 96.7 Å². The van der Waals surface area contributed by atoms with Gasteiger partial charge in [-0.2, -0.15) is 0 Å². The van der Waals surface area contributed by atoms with Crippen LogP contribution in [0.5, 0.6) is 0 Å². The zero-order valence-electron chi connectivity index (χ0n) is 62.1. The Balaban J connectivity index is 5.19. The highest BCUT2D eigenvalue weighted by Gasteiger charge is 2.30. The zero-order valence-corrected chi connectivity index (χ0v) is 63.9. The first-order chi connectivity index (χ1) is 45.8. The van der Waals surface area contributed by atoms with Crippen LogP contribution >= 0.6 is 15.6 Å². The molecule has 0 saturated carbocycles. The minimum Gasteiger partial charge on any atom is -0.462 e. The Morgan fingerprint density at radius 2 is 0.537 bits per heavy atom. The molecule has 0 saturated heterocycles. The molecule has 19 heteroatoms. The van der Waals surface area contributed by atoms with Gasteiger partial charge in [-0.3, -0.25) is 37.3 Å². The van der Waals surface area contributed by atoms with Gasteiger partial charge in [0.25, 0.3) is 0 Å². The smallest absolute Gasteiger partial charge is 0.462 e. The number of rotatable bonds is 74. The minimum atomic E-state index is -4.96. The first-order valence-corrected chi connectivity index (χ1v) is 42.4. The number of ether oxygens (including phenoxy) is 4. The summed E-state index contributed by atoms with van der Waals surface area (Å²) in [5.74, 6) is 0.267. The van der Waals surface area contributed by atoms with Crippen molar-refractivity contribution in [2.75, 3.05) is 39.6 Å². The van der Waals surface area contributed by atoms with Crippen LogP contribution in [0.1, 0.15) is 389 Å². The third kappa shape index (κ3) is 69.0. The maximum Gasteiger partial charge on any atom is 0.472 e. The highest BCUT2D eigenvalue weighted by molar-refractivity contribution is 7.47. The summed E-state index contributed by atoms with van der Waals surface area (Å²) in [4.78, 5) is 72.7. The molecule has 0 heterocycles. The maximum atomic E-state index is 13.1. The van der Waals surface area contributed by atoms with Gasteiger partial charge in [0.2, 0.25) is 0 Å². The highest BCUT2D eigenvalue weighted by Crippen LogP contribution is 2.45. The van der Waals surface area contributed by atoms with Crippen LogP contribution < -0.4 is 0 Å². The Morgan fingerprint density at radius 1 is 0.305 bits per heavy atom. The number of esters is 4. The van der Waals surface area contributed by atoms with Gasteiger partial charge in [0, 0.05) is 25.7 Å². The van der Waals surface area contributed by atoms with E-state index in [2.05, 4.69) is 48.5 Å². The second-order valence-corrected chi connectivity index (χ2v) is 31.5. The molecule has 0 aliphatic carbocycles. The first-order valence-electron chi connectivity index (χ1n) is 39.4. The molecule has 0 spiro atoms. The monoisotopic (exact) mass is 1400 g/mol. The van der Waals surface area contributed by atoms with Crippen LogP contribution in [0.3, 0.4) is 0 Å². The van der Waals surface area contributed by atoms with E-state index in [1.54, 1.807) is 0 Å². The molecule has 0 rings (SSSR count). The van der Waals surface area contributed by atoms with E-state index in [1.807, 2.05) is 0 Å². The number of aliphatic hydroxyl groups is 1. The molecule has 0 aromatic carbocycles. The number of phosphoric acid groups is 2. The third-order valence-electron chi connectivity index (χ3n) is 18.0. The number of carbonyl (C=O) groups excluding carboxylic acids is 4. The molecule has 95 heavy (non-hydrogen) atoms. The highest BCUT2D eigenvalue weighted by atomic mass is 31.2. The van der Waals surface area contributed by atoms with Crippen LogP contribution in [0.15, 0.2) is 0 Å². The van der Waals surface area contributed by atoms with E-state index < -0.39 is 97.5 Å². The lowest BCUT2D eigenvalue weighted by molar-refractivity contribution is -0.161. The van der Waals surface area contributed by atoms with Crippen LogP contribution in [0.25, 0.3) is 0 Å². The van der Waals surface area contributed by atoms with Gasteiger partial charge in [-0.25, -0.2) is 9.13 Å². The van der Waals surface area contributed by atoms with Gasteiger partial charge < -0.3 is 33.8 Å². The number of unbranched alkanes of at least 4 members (excludes halogenated alkanes) is 41. The van der Waals surface area contributed by atoms with Gasteiger partial charge in [0.05, 0.1) is 26.4 Å². The number of phosphoric ester groups is 2. The number of carbonyl (C=O) groups is 4. The standard InChI is InChI=1S/C76H148O17P2/c1-8-10-11-12-33-43-50-57-73(78)86-63-71(92-76(81)60-53-46-39-32-26-28-35-41-48-55-68(5)6)65-90-94(82,83)88-61-70(77)62-89-95(84,85)91-66-72(93-75(80)59-52-45-38-31-25-21-15-13-14-18-22-27-34-40-47-54-67(3)4)64-87-74(79)58-51-44-37-30-24-20-17-16-19-23-29-36-42-49-56-69(7)9-2/h67-72,77H,8-66H2,1-7H3,(H,82,83)(H,84,85)/t69?,70-,71+,72+/m0/s1. The molecule has 0 bridgehead atoms. The minimum absolute atomic E-state index is 0.105. The molecule has 17 nitrogen and oxygen atoms in total. The Hall–Kier alpha value is -1.94. The van der Waals surface area contributed by atoms with E-state index >= 15 is 0 Å². The Bertz CT molecular complexity index is 1850. The maximum absolute atomic E-state index is 13.1. The summed E-state index contributed by atoms with van der Waals surface area (Å²) in [6, 6.07) is 0. The fraction of sp³-hybridized carbons (Fsp3) is 0.947. The molecular formula is C76H148O17P2. The van der Waals surface area contributed by atoms with Crippen molar-refractivity contribution in [3.05, 3.63) is 0 Å². The second-order valence-electron chi connectivity index (χ2n) is 28.6. The van der Waals surface area contributed by atoms with Gasteiger partial charge in [-0.15, -0.1) is 0 Å². The second kappa shape index (κ2) is 66.6. The molecule has 0 radical (unpaired) electrons. The molecule has 0 aliphatic rings. The lowest BCUT2D eigenvalue weighted by Gasteiger charge is -2.21. The van der Waals surface area contributed by atoms with E-state index in [0.717, 1.165) is 120 Å². The topological polar surface area (TPSA) is 237 Å². The molecular weight excluding hydrogens is 1250 g/mol. The largest absolute Gasteiger partial charge is 0.472 e. The Morgan fingerprint density at radius 3 is 0.800 bits per heavy atom. The summed E-state index contributed by atoms with van der Waals surface area (Å²) in [5, 5.41) is 10.6. The molecule has 564 valence electrons. The van der Waals surface area contributed by atoms with E-state index in [0.29, 0.717) is 25.7 Å². The summed E-state index contributed by atoms with van der Waals surface area (Å²) in [7, 11) is -9.91. The SMILES string of the molecule is CCCCCCCCCC(=O)OC[C@H](COP(=O)(O)OC[C@H](O)COP(=O)(O)OC[C@@H](COC(=O)CCCCCCCCCCCCCCCCC(C)CC)OC(=O)CCCCCCCCCCCCCCCCCC(C)C)OC(=O)CCCCCCCCCCCC(C)C. The molecule has 0 amide bonds. The van der Waals surface area contributed by atoms with Gasteiger partial charge in [0.1, 0.15) is 19.3 Å². The summed E-state index contributed by atoms with van der Waals surface area (Å²) >= 11 is 0. The average molecular weight is 1400 g/mol. The quantitative estimate of drug-likeness (QED) is 0.0222. The summed E-state index contributed by atoms with van der Waals surface area (Å²) < 4.78 is 68.4. The first kappa shape index (κ1) is 93.1. The van der Waals surface area contributed by atoms with E-state index in [4.69, 9.17) is 37.0 Å². The Kier molecular flexibility index (Phi) is 65.2. The van der Waals surface area contributed by atoms with E-state index in [1.165, 1.54) is 186 Å².